The Kier molecular flexibility index (Phi) is 6.08. The van der Waals surface area contributed by atoms with Crippen LogP contribution in [0.15, 0.2) is 52.9 Å². The third-order valence-corrected chi connectivity index (χ3v) is 5.61. The molecule has 1 aromatic heterocycles. The molecule has 0 spiro atoms. The zero-order valence-electron chi connectivity index (χ0n) is 13.6. The number of halogens is 2. The number of nitrogens with zero attached hydrogens (tertiary/aromatic N) is 2. The first-order chi connectivity index (χ1) is 12.5. The van der Waals surface area contributed by atoms with Crippen LogP contribution >= 0.6 is 34.7 Å². The van der Waals surface area contributed by atoms with Crippen LogP contribution in [-0.4, -0.2) is 21.4 Å². The summed E-state index contributed by atoms with van der Waals surface area (Å²) >= 11 is 8.62. The minimum absolute atomic E-state index is 0.182. The third kappa shape index (κ3) is 4.94. The predicted molar refractivity (Wildman–Crippen MR) is 105 cm³/mol. The Hall–Kier alpha value is -2.16. The normalized spacial score (nSPS) is 11.8. The van der Waals surface area contributed by atoms with Crippen LogP contribution in [0.25, 0.3) is 0 Å². The van der Waals surface area contributed by atoms with Gasteiger partial charge in [-0.05, 0) is 37.3 Å². The highest BCUT2D eigenvalue weighted by Crippen LogP contribution is 2.31. The van der Waals surface area contributed by atoms with E-state index in [9.17, 15) is 9.18 Å². The molecule has 0 aliphatic heterocycles. The molecule has 0 saturated heterocycles. The van der Waals surface area contributed by atoms with Gasteiger partial charge in [0.15, 0.2) is 4.34 Å². The maximum Gasteiger partial charge on any atom is 0.237 e. The zero-order valence-corrected chi connectivity index (χ0v) is 16.0. The smallest absolute Gasteiger partial charge is 0.237 e. The summed E-state index contributed by atoms with van der Waals surface area (Å²) in [5, 5.41) is 14.5. The van der Waals surface area contributed by atoms with Crippen LogP contribution in [0.3, 0.4) is 0 Å². The molecule has 0 fully saturated rings. The Morgan fingerprint density at radius 2 is 2.04 bits per heavy atom. The fourth-order valence-electron chi connectivity index (χ4n) is 2.00. The largest absolute Gasteiger partial charge is 0.330 e. The fraction of sp³-hybridized carbons (Fsp3) is 0.118. The second-order valence-electron chi connectivity index (χ2n) is 5.24. The van der Waals surface area contributed by atoms with Crippen LogP contribution in [0.5, 0.6) is 0 Å². The van der Waals surface area contributed by atoms with Crippen molar-refractivity contribution in [3.8, 4) is 0 Å². The van der Waals surface area contributed by atoms with Gasteiger partial charge < -0.3 is 10.6 Å². The molecule has 0 radical (unpaired) electrons. The highest BCUT2D eigenvalue weighted by molar-refractivity contribution is 8.02. The average Bonchev–Trinajstić information content (AvgIpc) is 3.03. The number of thioether (sulfide) groups is 1. The number of carbonyl (C=O) groups excluding carboxylic acids is 1. The van der Waals surface area contributed by atoms with E-state index < -0.39 is 0 Å². The van der Waals surface area contributed by atoms with E-state index >= 15 is 0 Å². The van der Waals surface area contributed by atoms with E-state index in [1.165, 1.54) is 35.2 Å². The molecule has 134 valence electrons. The minimum atomic E-state index is -0.388. The Morgan fingerprint density at radius 3 is 2.81 bits per heavy atom. The Morgan fingerprint density at radius 1 is 1.23 bits per heavy atom. The molecular weight excluding hydrogens is 395 g/mol. The highest BCUT2D eigenvalue weighted by Gasteiger charge is 2.18. The van der Waals surface area contributed by atoms with E-state index in [2.05, 4.69) is 20.8 Å². The van der Waals surface area contributed by atoms with E-state index in [0.717, 1.165) is 0 Å². The molecule has 3 aromatic rings. The number of rotatable bonds is 6. The number of hydrogen-bond donors (Lipinski definition) is 2. The average molecular weight is 409 g/mol. The Balaban J connectivity index is 1.59. The zero-order chi connectivity index (χ0) is 18.5. The summed E-state index contributed by atoms with van der Waals surface area (Å²) in [6.45, 7) is 1.78. The first-order valence-electron chi connectivity index (χ1n) is 7.59. The van der Waals surface area contributed by atoms with Gasteiger partial charge in [-0.1, -0.05) is 52.9 Å². The van der Waals surface area contributed by atoms with Crippen molar-refractivity contribution in [3.63, 3.8) is 0 Å². The molecule has 26 heavy (non-hydrogen) atoms. The number of carbonyl (C=O) groups is 1. The van der Waals surface area contributed by atoms with Gasteiger partial charge in [0.05, 0.1) is 16.0 Å². The number of para-hydroxylation sites is 1. The van der Waals surface area contributed by atoms with Crippen molar-refractivity contribution in [2.24, 2.45) is 0 Å². The molecule has 1 amide bonds. The molecule has 0 unspecified atom stereocenters. The summed E-state index contributed by atoms with van der Waals surface area (Å²) in [6, 6.07) is 13.1. The molecule has 5 nitrogen and oxygen atoms in total. The molecule has 3 rings (SSSR count). The first-order valence-corrected chi connectivity index (χ1v) is 9.67. The van der Waals surface area contributed by atoms with Crippen LogP contribution in [0.4, 0.5) is 20.9 Å². The van der Waals surface area contributed by atoms with Gasteiger partial charge in [0.2, 0.25) is 11.0 Å². The molecule has 0 saturated carbocycles. The van der Waals surface area contributed by atoms with Crippen molar-refractivity contribution in [2.75, 3.05) is 10.6 Å². The number of nitrogens with one attached hydrogen (secondary N) is 2. The van der Waals surface area contributed by atoms with Crippen molar-refractivity contribution in [1.29, 1.82) is 0 Å². The predicted octanol–water partition coefficient (Wildman–Crippen LogP) is 5.19. The second-order valence-corrected chi connectivity index (χ2v) is 8.21. The van der Waals surface area contributed by atoms with Crippen LogP contribution in [-0.2, 0) is 4.79 Å². The molecule has 0 bridgehead atoms. The summed E-state index contributed by atoms with van der Waals surface area (Å²) in [7, 11) is 0. The summed E-state index contributed by atoms with van der Waals surface area (Å²) < 4.78 is 13.8. The van der Waals surface area contributed by atoms with Crippen LogP contribution in [0.2, 0.25) is 5.02 Å². The van der Waals surface area contributed by atoms with Gasteiger partial charge in [0, 0.05) is 5.69 Å². The maximum atomic E-state index is 13.2. The topological polar surface area (TPSA) is 66.9 Å². The highest BCUT2D eigenvalue weighted by atomic mass is 35.5. The van der Waals surface area contributed by atoms with Gasteiger partial charge >= 0.3 is 0 Å². The lowest BCUT2D eigenvalue weighted by atomic mass is 10.3. The molecule has 9 heteroatoms. The lowest BCUT2D eigenvalue weighted by Gasteiger charge is -2.11. The van der Waals surface area contributed by atoms with Gasteiger partial charge in [-0.25, -0.2) is 4.39 Å². The van der Waals surface area contributed by atoms with Gasteiger partial charge in [-0.2, -0.15) is 0 Å². The molecule has 1 atom stereocenters. The Labute approximate surface area is 163 Å². The summed E-state index contributed by atoms with van der Waals surface area (Å²) in [5.74, 6) is -0.517. The molecule has 0 aliphatic rings. The summed E-state index contributed by atoms with van der Waals surface area (Å²) in [4.78, 5) is 12.3. The van der Waals surface area contributed by atoms with Gasteiger partial charge in [-0.3, -0.25) is 4.79 Å². The second kappa shape index (κ2) is 8.48. The van der Waals surface area contributed by atoms with Gasteiger partial charge in [-0.15, -0.1) is 10.2 Å². The summed E-state index contributed by atoms with van der Waals surface area (Å²) in [6.07, 6.45) is 0. The SMILES string of the molecule is C[C@H](Sc1nnc(Nc2cccc(F)c2)s1)C(=O)Nc1ccccc1Cl. The van der Waals surface area contributed by atoms with Crippen molar-refractivity contribution in [2.45, 2.75) is 16.5 Å². The minimum Gasteiger partial charge on any atom is -0.330 e. The molecule has 2 aromatic carbocycles. The number of amides is 1. The standard InChI is InChI=1S/C17H14ClFN4OS2/c1-10(15(24)21-14-8-3-2-7-13(14)18)25-17-23-22-16(26-17)20-12-6-4-5-11(19)9-12/h2-10H,1H3,(H,20,22)(H,21,24)/t10-/m0/s1. The molecule has 1 heterocycles. The van der Waals surface area contributed by atoms with E-state index in [1.54, 1.807) is 43.3 Å². The van der Waals surface area contributed by atoms with Crippen LogP contribution in [0.1, 0.15) is 6.92 Å². The van der Waals surface area contributed by atoms with Crippen molar-refractivity contribution >= 4 is 57.1 Å². The van der Waals surface area contributed by atoms with Crippen LogP contribution in [0, 0.1) is 5.82 Å². The number of benzene rings is 2. The first kappa shape index (κ1) is 18.6. The van der Waals surface area contributed by atoms with E-state index in [-0.39, 0.29) is 17.0 Å². The van der Waals surface area contributed by atoms with E-state index in [1.807, 2.05) is 0 Å². The lowest BCUT2D eigenvalue weighted by Crippen LogP contribution is -2.22. The number of anilines is 3. The monoisotopic (exact) mass is 408 g/mol. The van der Waals surface area contributed by atoms with Crippen molar-refractivity contribution < 1.29 is 9.18 Å². The van der Waals surface area contributed by atoms with Crippen molar-refractivity contribution in [1.82, 2.24) is 10.2 Å². The molecular formula is C17H14ClFN4OS2. The molecule has 0 aliphatic carbocycles. The van der Waals surface area contributed by atoms with Crippen LogP contribution < -0.4 is 10.6 Å². The van der Waals surface area contributed by atoms with Gasteiger partial charge in [0.1, 0.15) is 5.82 Å². The lowest BCUT2D eigenvalue weighted by molar-refractivity contribution is -0.115. The van der Waals surface area contributed by atoms with E-state index in [0.29, 0.717) is 25.9 Å². The number of hydrogen-bond acceptors (Lipinski definition) is 6. The summed E-state index contributed by atoms with van der Waals surface area (Å²) in [5.41, 5.74) is 1.15. The van der Waals surface area contributed by atoms with E-state index in [4.69, 9.17) is 11.6 Å². The van der Waals surface area contributed by atoms with Gasteiger partial charge in [0.25, 0.3) is 0 Å². The fourth-order valence-corrected chi connectivity index (χ4v) is 4.10. The maximum absolute atomic E-state index is 13.2. The Bertz CT molecular complexity index is 921. The third-order valence-electron chi connectivity index (χ3n) is 3.26. The quantitative estimate of drug-likeness (QED) is 0.549. The molecule has 2 N–H and O–H groups in total. The number of aromatic nitrogens is 2. The van der Waals surface area contributed by atoms with Crippen molar-refractivity contribution in [3.05, 3.63) is 59.4 Å².